The summed E-state index contributed by atoms with van der Waals surface area (Å²) in [5.74, 6) is 0.560. The Morgan fingerprint density at radius 3 is 2.42 bits per heavy atom. The van der Waals surface area contributed by atoms with Crippen LogP contribution in [0.2, 0.25) is 0 Å². The highest BCUT2D eigenvalue weighted by Crippen LogP contribution is 2.16. The van der Waals surface area contributed by atoms with Crippen LogP contribution >= 0.6 is 11.3 Å². The van der Waals surface area contributed by atoms with Crippen LogP contribution < -0.4 is 5.32 Å². The third kappa shape index (κ3) is 5.95. The lowest BCUT2D eigenvalue weighted by Crippen LogP contribution is -2.33. The first-order chi connectivity index (χ1) is 12.4. The highest BCUT2D eigenvalue weighted by Gasteiger charge is 2.19. The zero-order valence-corrected chi connectivity index (χ0v) is 16.7. The minimum absolute atomic E-state index is 0.0136. The molecule has 0 radical (unpaired) electrons. The van der Waals surface area contributed by atoms with Gasteiger partial charge in [0.25, 0.3) is 11.8 Å². The van der Waals surface area contributed by atoms with Gasteiger partial charge in [-0.2, -0.15) is 0 Å². The van der Waals surface area contributed by atoms with Gasteiger partial charge in [-0.1, -0.05) is 45.9 Å². The van der Waals surface area contributed by atoms with Gasteiger partial charge in [0.1, 0.15) is 10.7 Å². The second-order valence-corrected chi connectivity index (χ2v) is 8.12. The summed E-state index contributed by atoms with van der Waals surface area (Å²) in [6.45, 7) is 9.93. The van der Waals surface area contributed by atoms with Crippen LogP contribution in [0.15, 0.2) is 35.7 Å². The van der Waals surface area contributed by atoms with Crippen LogP contribution in [0.3, 0.4) is 0 Å². The van der Waals surface area contributed by atoms with Gasteiger partial charge in [0, 0.05) is 24.0 Å². The number of aromatic nitrogens is 1. The van der Waals surface area contributed by atoms with Crippen LogP contribution in [-0.2, 0) is 6.54 Å². The van der Waals surface area contributed by atoms with Crippen LogP contribution in [0.5, 0.6) is 0 Å². The van der Waals surface area contributed by atoms with Crippen molar-refractivity contribution in [3.8, 4) is 0 Å². The van der Waals surface area contributed by atoms with Gasteiger partial charge in [0.15, 0.2) is 0 Å². The molecule has 0 saturated carbocycles. The second-order valence-electron chi connectivity index (χ2n) is 7.18. The lowest BCUT2D eigenvalue weighted by molar-refractivity contribution is 0.0722. The molecule has 0 saturated heterocycles. The van der Waals surface area contributed by atoms with E-state index in [4.69, 9.17) is 0 Å². The zero-order chi connectivity index (χ0) is 19.1. The molecule has 0 unspecified atom stereocenters. The molecule has 0 aliphatic heterocycles. The maximum absolute atomic E-state index is 12.8. The summed E-state index contributed by atoms with van der Waals surface area (Å²) >= 11 is 1.41. The molecule has 0 aliphatic rings. The summed E-state index contributed by atoms with van der Waals surface area (Å²) < 4.78 is 0. The van der Waals surface area contributed by atoms with Crippen molar-refractivity contribution >= 4 is 23.2 Å². The fraction of sp³-hybridized carbons (Fsp3) is 0.450. The molecular formula is C20H27N3O2S. The summed E-state index contributed by atoms with van der Waals surface area (Å²) in [7, 11) is 0. The average Bonchev–Trinajstić information content (AvgIpc) is 3.07. The average molecular weight is 374 g/mol. The van der Waals surface area contributed by atoms with Crippen molar-refractivity contribution in [3.63, 3.8) is 0 Å². The third-order valence-electron chi connectivity index (χ3n) is 3.67. The molecule has 2 amide bonds. The number of nitrogens with one attached hydrogen (secondary N) is 1. The molecule has 1 aromatic carbocycles. The lowest BCUT2D eigenvalue weighted by atomic mass is 10.1. The van der Waals surface area contributed by atoms with Gasteiger partial charge in [-0.15, -0.1) is 11.3 Å². The summed E-state index contributed by atoms with van der Waals surface area (Å²) in [5, 5.41) is 5.39. The number of hydrogen-bond donors (Lipinski definition) is 1. The van der Waals surface area contributed by atoms with E-state index in [1.54, 1.807) is 10.3 Å². The molecule has 0 atom stereocenters. The largest absolute Gasteiger partial charge is 0.350 e. The number of rotatable bonds is 8. The Morgan fingerprint density at radius 1 is 1.12 bits per heavy atom. The molecule has 2 aromatic rings. The lowest BCUT2D eigenvalue weighted by Gasteiger charge is -2.23. The highest BCUT2D eigenvalue weighted by molar-refractivity contribution is 7.09. The van der Waals surface area contributed by atoms with E-state index in [0.29, 0.717) is 42.7 Å². The molecule has 140 valence electrons. The van der Waals surface area contributed by atoms with Crippen LogP contribution in [-0.4, -0.2) is 34.8 Å². The Balaban J connectivity index is 2.09. The van der Waals surface area contributed by atoms with Gasteiger partial charge in [-0.05, 0) is 24.0 Å². The number of hydrogen-bond acceptors (Lipinski definition) is 4. The van der Waals surface area contributed by atoms with Crippen LogP contribution in [0.1, 0.15) is 53.5 Å². The van der Waals surface area contributed by atoms with Gasteiger partial charge >= 0.3 is 0 Å². The number of benzene rings is 1. The van der Waals surface area contributed by atoms with E-state index in [1.807, 2.05) is 44.2 Å². The van der Waals surface area contributed by atoms with Crippen molar-refractivity contribution in [2.75, 3.05) is 13.1 Å². The molecule has 6 heteroatoms. The van der Waals surface area contributed by atoms with Crippen LogP contribution in [0.4, 0.5) is 0 Å². The van der Waals surface area contributed by atoms with Crippen molar-refractivity contribution in [3.05, 3.63) is 52.0 Å². The number of amides is 2. The maximum Gasteiger partial charge on any atom is 0.270 e. The zero-order valence-electron chi connectivity index (χ0n) is 15.9. The smallest absolute Gasteiger partial charge is 0.270 e. The molecule has 0 fully saturated rings. The summed E-state index contributed by atoms with van der Waals surface area (Å²) in [6.07, 6.45) is 0. The Bertz CT molecular complexity index is 726. The normalized spacial score (nSPS) is 11.0. The monoisotopic (exact) mass is 373 g/mol. The number of thiazole rings is 1. The van der Waals surface area contributed by atoms with Crippen LogP contribution in [0, 0.1) is 11.8 Å². The summed E-state index contributed by atoms with van der Waals surface area (Å²) in [5.41, 5.74) is 1.09. The summed E-state index contributed by atoms with van der Waals surface area (Å²) in [4.78, 5) is 31.2. The number of carbonyl (C=O) groups excluding carboxylic acids is 2. The van der Waals surface area contributed by atoms with Crippen molar-refractivity contribution in [1.82, 2.24) is 15.2 Å². The van der Waals surface area contributed by atoms with Crippen molar-refractivity contribution in [1.29, 1.82) is 0 Å². The van der Waals surface area contributed by atoms with E-state index in [2.05, 4.69) is 24.1 Å². The summed E-state index contributed by atoms with van der Waals surface area (Å²) in [6, 6.07) is 9.26. The van der Waals surface area contributed by atoms with Crippen molar-refractivity contribution in [2.45, 2.75) is 34.2 Å². The SMILES string of the molecule is CC(C)CNC(=O)c1csc(CN(CC(C)C)C(=O)c2ccccc2)n1. The maximum atomic E-state index is 12.8. The predicted molar refractivity (Wildman–Crippen MR) is 105 cm³/mol. The standard InChI is InChI=1S/C20H27N3O2S/c1-14(2)10-21-19(24)17-13-26-18(22-17)12-23(11-15(3)4)20(25)16-8-6-5-7-9-16/h5-9,13-15H,10-12H2,1-4H3,(H,21,24). The molecule has 0 spiro atoms. The van der Waals surface area contributed by atoms with Gasteiger partial charge in [-0.3, -0.25) is 9.59 Å². The molecule has 5 nitrogen and oxygen atoms in total. The molecule has 1 heterocycles. The molecule has 0 aliphatic carbocycles. The molecule has 0 bridgehead atoms. The third-order valence-corrected chi connectivity index (χ3v) is 4.51. The van der Waals surface area contributed by atoms with Gasteiger partial charge in [0.05, 0.1) is 6.54 Å². The Kier molecular flexibility index (Phi) is 7.33. The Morgan fingerprint density at radius 2 is 1.81 bits per heavy atom. The van der Waals surface area contributed by atoms with Crippen LogP contribution in [0.25, 0.3) is 0 Å². The van der Waals surface area contributed by atoms with Gasteiger partial charge in [-0.25, -0.2) is 4.98 Å². The van der Waals surface area contributed by atoms with E-state index in [1.165, 1.54) is 11.3 Å². The predicted octanol–water partition coefficient (Wildman–Crippen LogP) is 3.83. The fourth-order valence-corrected chi connectivity index (χ4v) is 3.25. The molecular weight excluding hydrogens is 346 g/mol. The van der Waals surface area contributed by atoms with E-state index in [0.717, 1.165) is 5.01 Å². The quantitative estimate of drug-likeness (QED) is 0.765. The Labute approximate surface area is 159 Å². The minimum Gasteiger partial charge on any atom is -0.350 e. The first-order valence-corrected chi connectivity index (χ1v) is 9.81. The molecule has 2 rings (SSSR count). The van der Waals surface area contributed by atoms with E-state index >= 15 is 0 Å². The Hall–Kier alpha value is -2.21. The van der Waals surface area contributed by atoms with E-state index in [-0.39, 0.29) is 11.8 Å². The van der Waals surface area contributed by atoms with E-state index in [9.17, 15) is 9.59 Å². The van der Waals surface area contributed by atoms with Gasteiger partial charge in [0.2, 0.25) is 0 Å². The first-order valence-electron chi connectivity index (χ1n) is 8.93. The topological polar surface area (TPSA) is 62.3 Å². The number of carbonyl (C=O) groups is 2. The van der Waals surface area contributed by atoms with E-state index < -0.39 is 0 Å². The fourth-order valence-electron chi connectivity index (χ4n) is 2.46. The van der Waals surface area contributed by atoms with Crippen molar-refractivity contribution < 1.29 is 9.59 Å². The van der Waals surface area contributed by atoms with Gasteiger partial charge < -0.3 is 10.2 Å². The minimum atomic E-state index is -0.161. The molecule has 26 heavy (non-hydrogen) atoms. The molecule has 1 N–H and O–H groups in total. The van der Waals surface area contributed by atoms with Crippen molar-refractivity contribution in [2.24, 2.45) is 11.8 Å². The number of nitrogens with zero attached hydrogens (tertiary/aromatic N) is 2. The second kappa shape index (κ2) is 9.48. The first kappa shape index (κ1) is 20.1. The molecule has 1 aromatic heterocycles. The highest BCUT2D eigenvalue weighted by atomic mass is 32.1.